The Morgan fingerprint density at radius 3 is 2.97 bits per heavy atom. The quantitative estimate of drug-likeness (QED) is 0.327. The maximum Gasteiger partial charge on any atom is 0.252 e. The molecule has 0 radical (unpaired) electrons. The molecule has 172 valence electrons. The summed E-state index contributed by atoms with van der Waals surface area (Å²) in [5.74, 6) is 0.928. The van der Waals surface area contributed by atoms with Gasteiger partial charge in [0.2, 0.25) is 0 Å². The molecule has 2 bridgehead atoms. The standard InChI is InChI=1S/C25H38ClN3O2/c1-17(2)23(14-30)28-8-4-5-19-6-7-22(26)21(10-19)24(31)29-16-25-11-18(3)9-20(12-25)13-27-15-25/h6-7,10,17,20,23,27-28,30H,3-5,8-9,11-16H2,1-2H3,(H,29,31). The van der Waals surface area contributed by atoms with E-state index in [9.17, 15) is 9.90 Å². The number of halogens is 1. The monoisotopic (exact) mass is 447 g/mol. The van der Waals surface area contributed by atoms with Crippen molar-refractivity contribution in [1.82, 2.24) is 16.0 Å². The number of allylic oxidation sites excluding steroid dienone is 1. The van der Waals surface area contributed by atoms with Crippen molar-refractivity contribution < 1.29 is 9.90 Å². The molecule has 1 heterocycles. The van der Waals surface area contributed by atoms with Crippen LogP contribution < -0.4 is 16.0 Å². The number of piperidine rings is 1. The maximum absolute atomic E-state index is 13.0. The maximum atomic E-state index is 13.0. The minimum Gasteiger partial charge on any atom is -0.395 e. The molecule has 6 heteroatoms. The average molecular weight is 448 g/mol. The molecule has 0 spiro atoms. The van der Waals surface area contributed by atoms with E-state index in [2.05, 4.69) is 36.4 Å². The summed E-state index contributed by atoms with van der Waals surface area (Å²) in [4.78, 5) is 13.0. The van der Waals surface area contributed by atoms with Crippen LogP contribution in [-0.4, -0.2) is 49.8 Å². The smallest absolute Gasteiger partial charge is 0.252 e. The number of rotatable bonds is 10. The Labute approximate surface area is 192 Å². The van der Waals surface area contributed by atoms with Crippen LogP contribution >= 0.6 is 11.6 Å². The second kappa shape index (κ2) is 11.0. The Hall–Kier alpha value is -1.40. The number of aryl methyl sites for hydroxylation is 1. The molecule has 3 rings (SSSR count). The van der Waals surface area contributed by atoms with E-state index in [4.69, 9.17) is 11.6 Å². The molecular formula is C25H38ClN3O2. The van der Waals surface area contributed by atoms with Crippen LogP contribution in [0.3, 0.4) is 0 Å². The van der Waals surface area contributed by atoms with Crippen molar-refractivity contribution in [3.05, 3.63) is 46.5 Å². The molecule has 1 aromatic rings. The summed E-state index contributed by atoms with van der Waals surface area (Å²) in [5.41, 5.74) is 3.03. The molecule has 1 saturated heterocycles. The van der Waals surface area contributed by atoms with Crippen molar-refractivity contribution in [3.8, 4) is 0 Å². The van der Waals surface area contributed by atoms with Crippen LogP contribution in [0.2, 0.25) is 5.02 Å². The summed E-state index contributed by atoms with van der Waals surface area (Å²) < 4.78 is 0. The molecule has 31 heavy (non-hydrogen) atoms. The molecule has 5 nitrogen and oxygen atoms in total. The first-order chi connectivity index (χ1) is 14.8. The van der Waals surface area contributed by atoms with Gasteiger partial charge in [-0.25, -0.2) is 0 Å². The molecule has 2 aliphatic rings. The Morgan fingerprint density at radius 2 is 2.23 bits per heavy atom. The predicted octanol–water partition coefficient (Wildman–Crippen LogP) is 3.55. The summed E-state index contributed by atoms with van der Waals surface area (Å²) in [6, 6.07) is 5.85. The lowest BCUT2D eigenvalue weighted by molar-refractivity contribution is 0.0864. The van der Waals surface area contributed by atoms with Crippen molar-refractivity contribution in [3.63, 3.8) is 0 Å². The number of aliphatic hydroxyl groups is 1. The lowest BCUT2D eigenvalue weighted by Crippen LogP contribution is -2.52. The third kappa shape index (κ3) is 6.55. The van der Waals surface area contributed by atoms with Crippen LogP contribution in [0.4, 0.5) is 0 Å². The third-order valence-electron chi connectivity index (χ3n) is 6.81. The lowest BCUT2D eigenvalue weighted by Gasteiger charge is -2.46. The van der Waals surface area contributed by atoms with Crippen molar-refractivity contribution in [2.75, 3.05) is 32.8 Å². The molecule has 1 aliphatic heterocycles. The minimum absolute atomic E-state index is 0.0727. The van der Waals surface area contributed by atoms with E-state index >= 15 is 0 Å². The van der Waals surface area contributed by atoms with E-state index in [1.165, 1.54) is 5.57 Å². The summed E-state index contributed by atoms with van der Waals surface area (Å²) in [6.45, 7) is 12.0. The number of carbonyl (C=O) groups excluding carboxylic acids is 1. The Bertz CT molecular complexity index is 782. The highest BCUT2D eigenvalue weighted by Gasteiger charge is 2.40. The van der Waals surface area contributed by atoms with Gasteiger partial charge in [-0.05, 0) is 74.7 Å². The average Bonchev–Trinajstić information content (AvgIpc) is 2.72. The van der Waals surface area contributed by atoms with E-state index in [1.54, 1.807) is 0 Å². The van der Waals surface area contributed by atoms with Gasteiger partial charge in [-0.15, -0.1) is 0 Å². The zero-order valence-electron chi connectivity index (χ0n) is 19.0. The normalized spacial score (nSPS) is 24.3. The van der Waals surface area contributed by atoms with E-state index < -0.39 is 0 Å². The zero-order valence-corrected chi connectivity index (χ0v) is 19.7. The fourth-order valence-corrected chi connectivity index (χ4v) is 5.34. The molecule has 1 saturated carbocycles. The summed E-state index contributed by atoms with van der Waals surface area (Å²) >= 11 is 6.37. The van der Waals surface area contributed by atoms with Crippen molar-refractivity contribution in [1.29, 1.82) is 0 Å². The van der Waals surface area contributed by atoms with Gasteiger partial charge < -0.3 is 21.1 Å². The van der Waals surface area contributed by atoms with E-state index in [1.807, 2.05) is 18.2 Å². The van der Waals surface area contributed by atoms with Gasteiger partial charge in [-0.3, -0.25) is 4.79 Å². The van der Waals surface area contributed by atoms with E-state index in [-0.39, 0.29) is 24.0 Å². The Kier molecular flexibility index (Phi) is 8.57. The van der Waals surface area contributed by atoms with Gasteiger partial charge in [0.1, 0.15) is 0 Å². The van der Waals surface area contributed by atoms with Crippen LogP contribution in [0.5, 0.6) is 0 Å². The fraction of sp³-hybridized carbons (Fsp3) is 0.640. The number of fused-ring (bicyclic) bond motifs is 2. The lowest BCUT2D eigenvalue weighted by atomic mass is 9.65. The topological polar surface area (TPSA) is 73.4 Å². The first-order valence-electron chi connectivity index (χ1n) is 11.6. The number of aliphatic hydroxyl groups excluding tert-OH is 1. The van der Waals surface area contributed by atoms with Gasteiger partial charge in [0.05, 0.1) is 17.2 Å². The van der Waals surface area contributed by atoms with Gasteiger partial charge in [0.25, 0.3) is 5.91 Å². The van der Waals surface area contributed by atoms with E-state index in [0.717, 1.165) is 57.3 Å². The minimum atomic E-state index is -0.0992. The summed E-state index contributed by atoms with van der Waals surface area (Å²) in [7, 11) is 0. The number of hydrogen-bond donors (Lipinski definition) is 4. The number of hydrogen-bond acceptors (Lipinski definition) is 4. The number of amides is 1. The Balaban J connectivity index is 1.54. The molecule has 1 aliphatic carbocycles. The molecule has 2 fully saturated rings. The van der Waals surface area contributed by atoms with Gasteiger partial charge in [-0.2, -0.15) is 0 Å². The molecule has 0 aromatic heterocycles. The molecule has 3 unspecified atom stereocenters. The van der Waals surface area contributed by atoms with Gasteiger partial charge in [0.15, 0.2) is 0 Å². The first kappa shape index (κ1) is 24.2. The second-order valence-corrected chi connectivity index (χ2v) is 10.3. The highest BCUT2D eigenvalue weighted by Crippen LogP contribution is 2.43. The van der Waals surface area contributed by atoms with Gasteiger partial charge in [0, 0.05) is 24.5 Å². The van der Waals surface area contributed by atoms with Crippen molar-refractivity contribution in [2.45, 2.75) is 52.0 Å². The molecular weight excluding hydrogens is 410 g/mol. The SMILES string of the molecule is C=C1CC2CNCC(CNC(=O)c3cc(CCCNC(CO)C(C)C)ccc3Cl)(C1)C2. The fourth-order valence-electron chi connectivity index (χ4n) is 5.14. The van der Waals surface area contributed by atoms with Crippen LogP contribution in [0, 0.1) is 17.3 Å². The number of carbonyl (C=O) groups is 1. The zero-order chi connectivity index (χ0) is 22.4. The summed E-state index contributed by atoms with van der Waals surface area (Å²) in [5, 5.41) is 20.0. The largest absolute Gasteiger partial charge is 0.395 e. The highest BCUT2D eigenvalue weighted by atomic mass is 35.5. The first-order valence-corrected chi connectivity index (χ1v) is 12.0. The number of nitrogens with one attached hydrogen (secondary N) is 3. The predicted molar refractivity (Wildman–Crippen MR) is 128 cm³/mol. The van der Waals surface area contributed by atoms with Crippen molar-refractivity contribution in [2.24, 2.45) is 17.3 Å². The highest BCUT2D eigenvalue weighted by molar-refractivity contribution is 6.33. The van der Waals surface area contributed by atoms with Crippen LogP contribution in [0.1, 0.15) is 55.5 Å². The van der Waals surface area contributed by atoms with Gasteiger partial charge >= 0.3 is 0 Å². The Morgan fingerprint density at radius 1 is 1.42 bits per heavy atom. The third-order valence-corrected chi connectivity index (χ3v) is 7.14. The van der Waals surface area contributed by atoms with Gasteiger partial charge in [-0.1, -0.05) is 43.7 Å². The molecule has 3 atom stereocenters. The van der Waals surface area contributed by atoms with Crippen molar-refractivity contribution >= 4 is 17.5 Å². The van der Waals surface area contributed by atoms with E-state index in [0.29, 0.717) is 29.0 Å². The number of benzene rings is 1. The molecule has 1 amide bonds. The van der Waals surface area contributed by atoms with Crippen LogP contribution in [0.25, 0.3) is 0 Å². The van der Waals surface area contributed by atoms with Crippen LogP contribution in [0.15, 0.2) is 30.4 Å². The molecule has 1 aromatic carbocycles. The summed E-state index contributed by atoms with van der Waals surface area (Å²) in [6.07, 6.45) is 5.01. The van der Waals surface area contributed by atoms with Crippen LogP contribution in [-0.2, 0) is 6.42 Å². The second-order valence-electron chi connectivity index (χ2n) is 9.92. The molecule has 4 N–H and O–H groups in total.